The summed E-state index contributed by atoms with van der Waals surface area (Å²) >= 11 is 0. The number of amides is 1. The largest absolute Gasteiger partial charge is 0.497 e. The third-order valence-electron chi connectivity index (χ3n) is 5.64. The number of carbonyl (C=O) groups excluding carboxylic acids is 1. The molecule has 1 amide bonds. The maximum atomic E-state index is 12.9. The molecule has 190 valence electrons. The molecule has 5 aromatic rings. The van der Waals surface area contributed by atoms with Crippen LogP contribution >= 0.6 is 0 Å². The summed E-state index contributed by atoms with van der Waals surface area (Å²) in [5.41, 5.74) is 2.87. The van der Waals surface area contributed by atoms with Crippen LogP contribution in [0.2, 0.25) is 0 Å². The number of methoxy groups -OCH3 is 1. The molecular formula is C29H26N6O3. The first-order valence-electron chi connectivity index (χ1n) is 12.0. The third-order valence-corrected chi connectivity index (χ3v) is 5.64. The van der Waals surface area contributed by atoms with E-state index in [2.05, 4.69) is 25.9 Å². The Labute approximate surface area is 220 Å². The van der Waals surface area contributed by atoms with Gasteiger partial charge in [-0.05, 0) is 66.2 Å². The van der Waals surface area contributed by atoms with Crippen molar-refractivity contribution in [1.82, 2.24) is 25.3 Å². The number of hydrogen-bond acceptors (Lipinski definition) is 7. The number of hydrogen-bond donors (Lipinski definition) is 2. The van der Waals surface area contributed by atoms with Crippen LogP contribution in [-0.4, -0.2) is 33.0 Å². The molecule has 0 atom stereocenters. The average molecular weight is 507 g/mol. The minimum atomic E-state index is -0.269. The van der Waals surface area contributed by atoms with Gasteiger partial charge in [0.2, 0.25) is 0 Å². The second kappa shape index (κ2) is 11.7. The molecule has 2 N–H and O–H groups in total. The summed E-state index contributed by atoms with van der Waals surface area (Å²) in [6, 6.07) is 28.3. The number of anilines is 2. The van der Waals surface area contributed by atoms with Crippen molar-refractivity contribution in [3.05, 3.63) is 120 Å². The summed E-state index contributed by atoms with van der Waals surface area (Å²) < 4.78 is 12.8. The Kier molecular flexibility index (Phi) is 7.55. The molecule has 9 nitrogen and oxygen atoms in total. The van der Waals surface area contributed by atoms with Crippen molar-refractivity contribution in [3.63, 3.8) is 0 Å². The van der Waals surface area contributed by atoms with Crippen LogP contribution in [0.5, 0.6) is 17.2 Å². The van der Waals surface area contributed by atoms with Crippen LogP contribution < -0.4 is 20.1 Å². The molecule has 0 unspecified atom stereocenters. The zero-order valence-corrected chi connectivity index (χ0v) is 20.7. The van der Waals surface area contributed by atoms with Gasteiger partial charge >= 0.3 is 0 Å². The Morgan fingerprint density at radius 2 is 1.71 bits per heavy atom. The fraction of sp³-hybridized carbons (Fsp3) is 0.103. The maximum absolute atomic E-state index is 12.9. The first-order chi connectivity index (χ1) is 18.7. The summed E-state index contributed by atoms with van der Waals surface area (Å²) in [6.07, 6.45) is 3.44. The Morgan fingerprint density at radius 1 is 0.895 bits per heavy atom. The molecule has 3 aromatic carbocycles. The smallest absolute Gasteiger partial charge is 0.255 e. The lowest BCUT2D eigenvalue weighted by Gasteiger charge is -2.11. The molecule has 2 heterocycles. The van der Waals surface area contributed by atoms with Crippen LogP contribution in [0.25, 0.3) is 0 Å². The van der Waals surface area contributed by atoms with Gasteiger partial charge in [0.05, 0.1) is 32.0 Å². The first-order valence-corrected chi connectivity index (χ1v) is 12.0. The zero-order valence-electron chi connectivity index (χ0n) is 20.7. The Morgan fingerprint density at radius 3 is 2.53 bits per heavy atom. The first kappa shape index (κ1) is 24.5. The van der Waals surface area contributed by atoms with E-state index < -0.39 is 0 Å². The lowest BCUT2D eigenvalue weighted by molar-refractivity contribution is 0.0951. The summed E-state index contributed by atoms with van der Waals surface area (Å²) in [4.78, 5) is 17.3. The highest BCUT2D eigenvalue weighted by Gasteiger charge is 2.13. The highest BCUT2D eigenvalue weighted by Crippen LogP contribution is 2.23. The van der Waals surface area contributed by atoms with Crippen molar-refractivity contribution in [2.24, 2.45) is 0 Å². The van der Waals surface area contributed by atoms with Crippen LogP contribution in [0.4, 0.5) is 11.5 Å². The van der Waals surface area contributed by atoms with Crippen LogP contribution in [0.15, 0.2) is 103 Å². The Hall–Kier alpha value is -5.18. The molecule has 0 saturated heterocycles. The molecular weight excluding hydrogens is 480 g/mol. The van der Waals surface area contributed by atoms with Crippen LogP contribution in [-0.2, 0) is 13.1 Å². The van der Waals surface area contributed by atoms with E-state index in [4.69, 9.17) is 9.47 Å². The van der Waals surface area contributed by atoms with Crippen molar-refractivity contribution in [2.75, 3.05) is 12.4 Å². The van der Waals surface area contributed by atoms with E-state index in [1.54, 1.807) is 30.1 Å². The molecule has 0 saturated carbocycles. The van der Waals surface area contributed by atoms with Crippen molar-refractivity contribution in [1.29, 1.82) is 0 Å². The van der Waals surface area contributed by atoms with E-state index in [-0.39, 0.29) is 12.5 Å². The molecule has 9 heteroatoms. The topological polar surface area (TPSA) is 103 Å². The van der Waals surface area contributed by atoms with Crippen LogP contribution in [0, 0.1) is 0 Å². The van der Waals surface area contributed by atoms with Crippen molar-refractivity contribution in [3.8, 4) is 17.2 Å². The Bertz CT molecular complexity index is 1500. The molecule has 38 heavy (non-hydrogen) atoms. The maximum Gasteiger partial charge on any atom is 0.255 e. The van der Waals surface area contributed by atoms with E-state index in [0.717, 1.165) is 28.5 Å². The van der Waals surface area contributed by atoms with Gasteiger partial charge in [0.1, 0.15) is 28.8 Å². The van der Waals surface area contributed by atoms with Crippen LogP contribution in [0.3, 0.4) is 0 Å². The van der Waals surface area contributed by atoms with Gasteiger partial charge in [-0.2, -0.15) is 0 Å². The molecule has 0 aliphatic rings. The number of pyridine rings is 1. The number of nitrogens with one attached hydrogen (secondary N) is 2. The predicted molar refractivity (Wildman–Crippen MR) is 144 cm³/mol. The molecule has 0 aliphatic heterocycles. The molecule has 0 aliphatic carbocycles. The molecule has 0 fully saturated rings. The summed E-state index contributed by atoms with van der Waals surface area (Å²) in [5.74, 6) is 2.46. The lowest BCUT2D eigenvalue weighted by atomic mass is 10.2. The highest BCUT2D eigenvalue weighted by molar-refractivity contribution is 5.99. The Balaban J connectivity index is 1.19. The number of nitrogens with zero attached hydrogens (tertiary/aromatic N) is 4. The average Bonchev–Trinajstić information content (AvgIpc) is 3.40. The van der Waals surface area contributed by atoms with Crippen molar-refractivity contribution < 1.29 is 14.3 Å². The molecule has 0 spiro atoms. The standard InChI is InChI=1S/C29H26N6O3/c1-37-24-14-12-22(13-15-24)32-28-27(11-6-16-30-28)29(36)31-18-23-20-35(34-33-23)19-21-7-5-10-26(17-21)38-25-8-3-2-4-9-25/h2-17,20H,18-19H2,1H3,(H,30,32)(H,31,36). The number of carbonyl (C=O) groups is 1. The second-order valence-corrected chi connectivity index (χ2v) is 8.41. The minimum absolute atomic E-state index is 0.229. The summed E-state index contributed by atoms with van der Waals surface area (Å²) in [6.45, 7) is 0.748. The number of aromatic nitrogens is 4. The van der Waals surface area contributed by atoms with Gasteiger partial charge in [0.25, 0.3) is 5.91 Å². The fourth-order valence-electron chi connectivity index (χ4n) is 3.78. The predicted octanol–water partition coefficient (Wildman–Crippen LogP) is 5.20. The number of benzene rings is 3. The minimum Gasteiger partial charge on any atom is -0.497 e. The summed E-state index contributed by atoms with van der Waals surface area (Å²) in [7, 11) is 1.61. The fourth-order valence-corrected chi connectivity index (χ4v) is 3.78. The van der Waals surface area contributed by atoms with Crippen LogP contribution in [0.1, 0.15) is 21.6 Å². The molecule has 2 aromatic heterocycles. The number of para-hydroxylation sites is 1. The van der Waals surface area contributed by atoms with E-state index in [0.29, 0.717) is 23.6 Å². The normalized spacial score (nSPS) is 10.6. The van der Waals surface area contributed by atoms with Gasteiger partial charge in [0, 0.05) is 11.9 Å². The van der Waals surface area contributed by atoms with Gasteiger partial charge in [-0.25, -0.2) is 9.67 Å². The quantitative estimate of drug-likeness (QED) is 0.268. The van der Waals surface area contributed by atoms with Gasteiger partial charge < -0.3 is 20.1 Å². The highest BCUT2D eigenvalue weighted by atomic mass is 16.5. The van der Waals surface area contributed by atoms with Gasteiger partial charge in [-0.1, -0.05) is 35.5 Å². The van der Waals surface area contributed by atoms with Gasteiger partial charge in [-0.15, -0.1) is 5.10 Å². The number of ether oxygens (including phenoxy) is 2. The number of rotatable bonds is 10. The van der Waals surface area contributed by atoms with Crippen molar-refractivity contribution in [2.45, 2.75) is 13.1 Å². The monoisotopic (exact) mass is 506 g/mol. The molecule has 5 rings (SSSR count). The molecule has 0 radical (unpaired) electrons. The van der Waals surface area contributed by atoms with Gasteiger partial charge in [-0.3, -0.25) is 4.79 Å². The van der Waals surface area contributed by atoms with Gasteiger partial charge in [0.15, 0.2) is 0 Å². The lowest BCUT2D eigenvalue weighted by Crippen LogP contribution is -2.24. The third kappa shape index (κ3) is 6.33. The zero-order chi connectivity index (χ0) is 26.2. The molecule has 0 bridgehead atoms. The van der Waals surface area contributed by atoms with E-state index in [1.165, 1.54) is 0 Å². The van der Waals surface area contributed by atoms with Crippen molar-refractivity contribution >= 4 is 17.4 Å². The SMILES string of the molecule is COc1ccc(Nc2ncccc2C(=O)NCc2cn(Cc3cccc(Oc4ccccc4)c3)nn2)cc1. The summed E-state index contributed by atoms with van der Waals surface area (Å²) in [5, 5.41) is 14.5. The van der Waals surface area contributed by atoms with E-state index in [9.17, 15) is 4.79 Å². The second-order valence-electron chi connectivity index (χ2n) is 8.41. The van der Waals surface area contributed by atoms with E-state index >= 15 is 0 Å². The van der Waals surface area contributed by atoms with E-state index in [1.807, 2.05) is 85.1 Å².